The summed E-state index contributed by atoms with van der Waals surface area (Å²) < 4.78 is 17.0. The van der Waals surface area contributed by atoms with Crippen LogP contribution in [0.3, 0.4) is 0 Å². The van der Waals surface area contributed by atoms with Gasteiger partial charge in [0, 0.05) is 18.9 Å². The number of aromatic hydroxyl groups is 1. The summed E-state index contributed by atoms with van der Waals surface area (Å²) in [5.74, 6) is 0.288. The Balaban J connectivity index is 2.97. The van der Waals surface area contributed by atoms with E-state index in [4.69, 9.17) is 13.9 Å². The molecule has 28 heavy (non-hydrogen) atoms. The Kier molecular flexibility index (Phi) is 8.15. The maximum absolute atomic E-state index is 12.2. The Morgan fingerprint density at radius 3 is 2.21 bits per heavy atom. The van der Waals surface area contributed by atoms with Crippen LogP contribution in [-0.2, 0) is 14.0 Å². The van der Waals surface area contributed by atoms with E-state index >= 15 is 0 Å². The van der Waals surface area contributed by atoms with E-state index in [1.54, 1.807) is 12.1 Å². The molecule has 0 unspecified atom stereocenters. The van der Waals surface area contributed by atoms with Crippen LogP contribution in [0.5, 0.6) is 11.5 Å². The smallest absolute Gasteiger partial charge is 0.306 e. The first kappa shape index (κ1) is 24.5. The van der Waals surface area contributed by atoms with Gasteiger partial charge in [-0.2, -0.15) is 0 Å². The fourth-order valence-corrected chi connectivity index (χ4v) is 3.57. The fraction of sp³-hybridized carbons (Fsp3) is 0.682. The van der Waals surface area contributed by atoms with Crippen molar-refractivity contribution in [1.29, 1.82) is 0 Å². The minimum Gasteiger partial charge on any atom is -0.504 e. The molecule has 0 aromatic heterocycles. The largest absolute Gasteiger partial charge is 0.504 e. The van der Waals surface area contributed by atoms with Crippen LogP contribution < -0.4 is 4.74 Å². The van der Waals surface area contributed by atoms with Gasteiger partial charge in [-0.1, -0.05) is 26.8 Å². The molecule has 0 bridgehead atoms. The molecule has 1 N–H and O–H groups in total. The lowest BCUT2D eigenvalue weighted by atomic mass is 9.94. The number of carbonyl (C=O) groups is 1. The molecule has 0 aliphatic carbocycles. The normalized spacial score (nSPS) is 13.9. The van der Waals surface area contributed by atoms with Gasteiger partial charge in [0.1, 0.15) is 5.60 Å². The monoisotopic (exact) mass is 410 g/mol. The van der Waals surface area contributed by atoms with E-state index in [-0.39, 0.29) is 22.7 Å². The van der Waals surface area contributed by atoms with Crippen molar-refractivity contribution in [3.05, 3.63) is 23.8 Å². The van der Waals surface area contributed by atoms with Crippen molar-refractivity contribution in [2.24, 2.45) is 0 Å². The number of benzene rings is 1. The molecule has 0 fully saturated rings. The SMILES string of the molecule is COc1ccc([C@H](CCC(=O)OC(C)(C)C)CO[Si](C)(C)C(C)(C)C)cc1O. The highest BCUT2D eigenvalue weighted by atomic mass is 28.4. The molecular weight excluding hydrogens is 372 g/mol. The molecule has 1 atom stereocenters. The summed E-state index contributed by atoms with van der Waals surface area (Å²) in [5.41, 5.74) is 0.434. The van der Waals surface area contributed by atoms with Crippen molar-refractivity contribution in [2.45, 2.75) is 84.0 Å². The molecule has 1 aromatic rings. The third-order valence-electron chi connectivity index (χ3n) is 5.24. The number of esters is 1. The number of carbonyl (C=O) groups excluding carboxylic acids is 1. The highest BCUT2D eigenvalue weighted by Crippen LogP contribution is 2.38. The lowest BCUT2D eigenvalue weighted by molar-refractivity contribution is -0.155. The van der Waals surface area contributed by atoms with Gasteiger partial charge in [0.05, 0.1) is 7.11 Å². The van der Waals surface area contributed by atoms with Crippen molar-refractivity contribution >= 4 is 14.3 Å². The van der Waals surface area contributed by atoms with Crippen LogP contribution in [0.15, 0.2) is 18.2 Å². The van der Waals surface area contributed by atoms with Gasteiger partial charge in [-0.3, -0.25) is 4.79 Å². The van der Waals surface area contributed by atoms with Crippen LogP contribution in [0.25, 0.3) is 0 Å². The standard InChI is InChI=1S/C22H38O5Si/c1-21(2,3)27-20(24)13-11-17(15-26-28(8,9)22(4,5)6)16-10-12-19(25-7)18(23)14-16/h10,12,14,17,23H,11,13,15H2,1-9H3/t17-/m1/s1. The quantitative estimate of drug-likeness (QED) is 0.444. The van der Waals surface area contributed by atoms with E-state index in [9.17, 15) is 9.90 Å². The van der Waals surface area contributed by atoms with Crippen LogP contribution >= 0.6 is 0 Å². The summed E-state index contributed by atoms with van der Waals surface area (Å²) in [6, 6.07) is 5.37. The number of hydrogen-bond donors (Lipinski definition) is 1. The summed E-state index contributed by atoms with van der Waals surface area (Å²) in [6.45, 7) is 17.1. The first-order valence-corrected chi connectivity index (χ1v) is 12.8. The molecule has 0 saturated heterocycles. The maximum Gasteiger partial charge on any atom is 0.306 e. The second kappa shape index (κ2) is 9.31. The number of ether oxygens (including phenoxy) is 2. The zero-order chi connectivity index (χ0) is 21.8. The maximum atomic E-state index is 12.2. The third-order valence-corrected chi connectivity index (χ3v) is 9.74. The fourth-order valence-electron chi connectivity index (χ4n) is 2.52. The Morgan fingerprint density at radius 1 is 1.14 bits per heavy atom. The van der Waals surface area contributed by atoms with E-state index in [1.807, 2.05) is 26.8 Å². The molecule has 0 aliphatic rings. The molecule has 1 rings (SSSR count). The molecule has 5 nitrogen and oxygen atoms in total. The Morgan fingerprint density at radius 2 is 1.75 bits per heavy atom. The van der Waals surface area contributed by atoms with Gasteiger partial charge >= 0.3 is 5.97 Å². The van der Waals surface area contributed by atoms with Crippen molar-refractivity contribution < 1.29 is 23.8 Å². The van der Waals surface area contributed by atoms with Gasteiger partial charge in [-0.05, 0) is 63.0 Å². The van der Waals surface area contributed by atoms with Crippen LogP contribution in [-0.4, -0.2) is 38.7 Å². The molecule has 0 radical (unpaired) electrons. The summed E-state index contributed by atoms with van der Waals surface area (Å²) >= 11 is 0. The molecule has 0 aliphatic heterocycles. The van der Waals surface area contributed by atoms with Crippen LogP contribution in [0.2, 0.25) is 18.1 Å². The Bertz CT molecular complexity index is 656. The predicted molar refractivity (Wildman–Crippen MR) is 116 cm³/mol. The van der Waals surface area contributed by atoms with Gasteiger partial charge in [-0.25, -0.2) is 0 Å². The number of methoxy groups -OCH3 is 1. The van der Waals surface area contributed by atoms with Crippen molar-refractivity contribution in [2.75, 3.05) is 13.7 Å². The van der Waals surface area contributed by atoms with Crippen LogP contribution in [0.1, 0.15) is 65.9 Å². The number of phenols is 1. The topological polar surface area (TPSA) is 65.0 Å². The molecule has 0 heterocycles. The zero-order valence-electron chi connectivity index (χ0n) is 19.0. The lowest BCUT2D eigenvalue weighted by Crippen LogP contribution is -2.41. The lowest BCUT2D eigenvalue weighted by Gasteiger charge is -2.37. The second-order valence-corrected chi connectivity index (χ2v) is 14.6. The number of phenolic OH excluding ortho intramolecular Hbond substituents is 1. The average molecular weight is 411 g/mol. The molecule has 0 spiro atoms. The molecule has 6 heteroatoms. The van der Waals surface area contributed by atoms with Gasteiger partial charge < -0.3 is 19.0 Å². The van der Waals surface area contributed by atoms with E-state index in [2.05, 4.69) is 33.9 Å². The van der Waals surface area contributed by atoms with Crippen molar-refractivity contribution in [1.82, 2.24) is 0 Å². The second-order valence-electron chi connectivity index (χ2n) is 9.82. The average Bonchev–Trinajstić information content (AvgIpc) is 2.52. The van der Waals surface area contributed by atoms with E-state index in [0.717, 1.165) is 5.56 Å². The van der Waals surface area contributed by atoms with Crippen LogP contribution in [0, 0.1) is 0 Å². The molecule has 1 aromatic carbocycles. The summed E-state index contributed by atoms with van der Waals surface area (Å²) in [5, 5.41) is 10.3. The van der Waals surface area contributed by atoms with E-state index in [0.29, 0.717) is 25.2 Å². The minimum absolute atomic E-state index is 0.0153. The van der Waals surface area contributed by atoms with Gasteiger partial charge in [0.15, 0.2) is 19.8 Å². The van der Waals surface area contributed by atoms with Gasteiger partial charge in [0.25, 0.3) is 0 Å². The van der Waals surface area contributed by atoms with Gasteiger partial charge in [-0.15, -0.1) is 0 Å². The summed E-state index contributed by atoms with van der Waals surface area (Å²) in [6.07, 6.45) is 0.894. The predicted octanol–water partition coefficient (Wildman–Crippen LogP) is 5.63. The molecule has 0 amide bonds. The molecular formula is C22H38O5Si. The zero-order valence-corrected chi connectivity index (χ0v) is 20.0. The van der Waals surface area contributed by atoms with Crippen LogP contribution in [0.4, 0.5) is 0 Å². The van der Waals surface area contributed by atoms with E-state index in [1.165, 1.54) is 7.11 Å². The Labute approximate surface area is 171 Å². The summed E-state index contributed by atoms with van der Waals surface area (Å²) in [4.78, 5) is 12.2. The van der Waals surface area contributed by atoms with Crippen molar-refractivity contribution in [3.63, 3.8) is 0 Å². The van der Waals surface area contributed by atoms with Crippen molar-refractivity contribution in [3.8, 4) is 11.5 Å². The Hall–Kier alpha value is -1.53. The summed E-state index contributed by atoms with van der Waals surface area (Å²) in [7, 11) is -0.407. The molecule has 160 valence electrons. The highest BCUT2D eigenvalue weighted by molar-refractivity contribution is 6.74. The number of hydrogen-bond acceptors (Lipinski definition) is 5. The highest BCUT2D eigenvalue weighted by Gasteiger charge is 2.37. The minimum atomic E-state index is -1.93. The van der Waals surface area contributed by atoms with E-state index < -0.39 is 13.9 Å². The molecule has 0 saturated carbocycles. The number of rotatable bonds is 8. The third kappa shape index (κ3) is 7.47. The van der Waals surface area contributed by atoms with Gasteiger partial charge in [0.2, 0.25) is 0 Å². The first-order chi connectivity index (χ1) is 12.7. The first-order valence-electron chi connectivity index (χ1n) is 9.89.